The maximum atomic E-state index is 5.58. The summed E-state index contributed by atoms with van der Waals surface area (Å²) in [5.41, 5.74) is 0. The molecule has 14 atom stereocenters. The molecule has 7 saturated heterocycles. The van der Waals surface area contributed by atoms with Gasteiger partial charge < -0.3 is 33.2 Å². The van der Waals surface area contributed by atoms with Crippen LogP contribution in [-0.4, -0.2) is 89.5 Å². The van der Waals surface area contributed by atoms with E-state index in [9.17, 15) is 0 Å². The molecule has 0 saturated carbocycles. The van der Waals surface area contributed by atoms with Gasteiger partial charge >= 0.3 is 0 Å². The molecule has 0 amide bonds. The summed E-state index contributed by atoms with van der Waals surface area (Å²) in [7, 11) is 0. The Morgan fingerprint density at radius 1 is 0.270 bits per heavy atom. The van der Waals surface area contributed by atoms with Crippen LogP contribution in [0, 0.1) is 47.3 Å². The van der Waals surface area contributed by atoms with Gasteiger partial charge in [0.05, 0.1) is 76.3 Å². The van der Waals surface area contributed by atoms with E-state index in [4.69, 9.17) is 33.2 Å². The molecule has 7 aliphatic rings. The molecule has 0 N–H and O–H groups in total. The Morgan fingerprint density at radius 2 is 0.459 bits per heavy atom. The Labute approximate surface area is 225 Å². The van der Waals surface area contributed by atoms with Crippen LogP contribution in [0.5, 0.6) is 0 Å². The van der Waals surface area contributed by atoms with E-state index < -0.39 is 0 Å². The molecule has 0 aromatic rings. The van der Waals surface area contributed by atoms with Crippen molar-refractivity contribution in [2.75, 3.05) is 52.9 Å². The molecule has 0 aromatic carbocycles. The molecule has 0 spiro atoms. The van der Waals surface area contributed by atoms with Gasteiger partial charge in [0, 0.05) is 48.7 Å². The van der Waals surface area contributed by atoms with Gasteiger partial charge in [0.25, 0.3) is 0 Å². The van der Waals surface area contributed by atoms with Crippen LogP contribution < -0.4 is 0 Å². The topological polar surface area (TPSA) is 64.6 Å². The van der Waals surface area contributed by atoms with E-state index in [2.05, 4.69) is 55.4 Å². The van der Waals surface area contributed by atoms with Crippen molar-refractivity contribution in [3.63, 3.8) is 0 Å². The maximum absolute atomic E-state index is 5.58. The van der Waals surface area contributed by atoms with Gasteiger partial charge in [0.2, 0.25) is 0 Å². The van der Waals surface area contributed by atoms with Crippen molar-refractivity contribution in [2.45, 2.75) is 92.0 Å². The molecular weight excluding hydrogens is 472 g/mol. The zero-order valence-electron chi connectivity index (χ0n) is 24.6. The van der Waals surface area contributed by atoms with E-state index in [1.54, 1.807) is 0 Å². The molecule has 7 heterocycles. The number of hydrogen-bond donors (Lipinski definition) is 0. The van der Waals surface area contributed by atoms with E-state index in [1.165, 1.54) is 0 Å². The normalized spacial score (nSPS) is 51.2. The fourth-order valence-corrected chi connectivity index (χ4v) is 6.41. The summed E-state index contributed by atoms with van der Waals surface area (Å²) in [5, 5.41) is 0. The Morgan fingerprint density at radius 3 is 0.595 bits per heavy atom. The largest absolute Gasteiger partial charge is 0.381 e. The van der Waals surface area contributed by atoms with Crippen LogP contribution in [0.2, 0.25) is 0 Å². The summed E-state index contributed by atoms with van der Waals surface area (Å²) in [5.74, 6) is 5.22. The second kappa shape index (κ2) is 13.4. The minimum Gasteiger partial charge on any atom is -0.381 e. The lowest BCUT2D eigenvalue weighted by atomic mass is 9.99. The average molecular weight is 527 g/mol. The van der Waals surface area contributed by atoms with Crippen LogP contribution in [0.15, 0.2) is 0 Å². The molecule has 7 rings (SSSR count). The molecular formula is C30H54O7. The first kappa shape index (κ1) is 29.7. The summed E-state index contributed by atoms with van der Waals surface area (Å²) in [6.07, 6.45) is 2.39. The van der Waals surface area contributed by atoms with Gasteiger partial charge in [-0.15, -0.1) is 0 Å². The smallest absolute Gasteiger partial charge is 0.0887 e. The number of hydrogen-bond acceptors (Lipinski definition) is 7. The lowest BCUT2D eigenvalue weighted by molar-refractivity contribution is 0.0627. The number of fused-ring (bicyclic) bond motifs is 3. The quantitative estimate of drug-likeness (QED) is 0.462. The van der Waals surface area contributed by atoms with Gasteiger partial charge in [-0.05, 0) is 11.8 Å². The highest BCUT2D eigenvalue weighted by molar-refractivity contribution is 4.92. The summed E-state index contributed by atoms with van der Waals surface area (Å²) < 4.78 is 38.6. The molecule has 0 aromatic heterocycles. The predicted molar refractivity (Wildman–Crippen MR) is 143 cm³/mol. The van der Waals surface area contributed by atoms with E-state index in [-0.39, 0.29) is 0 Å². The van der Waals surface area contributed by atoms with Crippen LogP contribution in [-0.2, 0) is 33.2 Å². The van der Waals surface area contributed by atoms with Gasteiger partial charge in [-0.1, -0.05) is 55.4 Å². The van der Waals surface area contributed by atoms with Gasteiger partial charge in [-0.25, -0.2) is 0 Å². The van der Waals surface area contributed by atoms with Crippen LogP contribution in [0.25, 0.3) is 0 Å². The third kappa shape index (κ3) is 7.08. The van der Waals surface area contributed by atoms with Crippen LogP contribution in [0.3, 0.4) is 0 Å². The predicted octanol–water partition coefficient (Wildman–Crippen LogP) is 4.46. The lowest BCUT2D eigenvalue weighted by Gasteiger charge is -2.10. The summed E-state index contributed by atoms with van der Waals surface area (Å²) >= 11 is 0. The van der Waals surface area contributed by atoms with E-state index in [1.807, 2.05) is 0 Å². The van der Waals surface area contributed by atoms with E-state index in [0.717, 1.165) is 64.7 Å². The molecule has 7 heteroatoms. The second-order valence-corrected chi connectivity index (χ2v) is 13.1. The molecule has 7 fully saturated rings. The highest BCUT2D eigenvalue weighted by Crippen LogP contribution is 2.35. The maximum Gasteiger partial charge on any atom is 0.0887 e. The highest BCUT2D eigenvalue weighted by atomic mass is 16.6. The number of rotatable bonds is 0. The fraction of sp³-hybridized carbons (Fsp3) is 1.00. The standard InChI is InChI=1S/3C8H14O2.C6H12O/c3*1-5-3-9-8-6(2)4-10-7(5)8;1-5-3-7-4-6(5)2/h3*5-8H,3-4H2,1-2H3;5-6H,3-4H2,1-2H3/t5-,6?,7?,8?;5-,6-,7?,8?;;5-,6?/m00.1/s1. The lowest BCUT2D eigenvalue weighted by Crippen LogP contribution is -2.23. The first-order chi connectivity index (χ1) is 17.7. The zero-order chi connectivity index (χ0) is 26.7. The minimum absolute atomic E-state index is 0.398. The van der Waals surface area contributed by atoms with Crippen molar-refractivity contribution < 1.29 is 33.2 Å². The van der Waals surface area contributed by atoms with Gasteiger partial charge in [0.1, 0.15) is 0 Å². The minimum atomic E-state index is 0.398. The summed E-state index contributed by atoms with van der Waals surface area (Å²) in [6.45, 7) is 24.9. The first-order valence-corrected chi connectivity index (χ1v) is 14.9. The third-order valence-corrected chi connectivity index (χ3v) is 9.38. The zero-order valence-corrected chi connectivity index (χ0v) is 24.6. The van der Waals surface area contributed by atoms with Crippen molar-refractivity contribution >= 4 is 0 Å². The third-order valence-electron chi connectivity index (χ3n) is 9.38. The van der Waals surface area contributed by atoms with Crippen molar-refractivity contribution in [3.05, 3.63) is 0 Å². The van der Waals surface area contributed by atoms with Crippen molar-refractivity contribution in [1.29, 1.82) is 0 Å². The Balaban J connectivity index is 0.000000116. The first-order valence-electron chi connectivity index (χ1n) is 14.9. The summed E-state index contributed by atoms with van der Waals surface area (Å²) in [4.78, 5) is 0. The number of ether oxygens (including phenoxy) is 7. The second-order valence-electron chi connectivity index (χ2n) is 13.1. The highest BCUT2D eigenvalue weighted by Gasteiger charge is 2.45. The van der Waals surface area contributed by atoms with Crippen molar-refractivity contribution in [3.8, 4) is 0 Å². The average Bonchev–Trinajstić information content (AvgIpc) is 3.71. The van der Waals surface area contributed by atoms with Crippen LogP contribution in [0.4, 0.5) is 0 Å². The van der Waals surface area contributed by atoms with Gasteiger partial charge in [-0.2, -0.15) is 0 Å². The van der Waals surface area contributed by atoms with E-state index >= 15 is 0 Å². The van der Waals surface area contributed by atoms with Crippen molar-refractivity contribution in [1.82, 2.24) is 0 Å². The van der Waals surface area contributed by atoms with Crippen LogP contribution in [0.1, 0.15) is 55.4 Å². The molecule has 37 heavy (non-hydrogen) atoms. The Bertz CT molecular complexity index is 559. The molecule has 0 radical (unpaired) electrons. The van der Waals surface area contributed by atoms with E-state index in [0.29, 0.717) is 72.1 Å². The molecule has 0 aliphatic carbocycles. The monoisotopic (exact) mass is 526 g/mol. The van der Waals surface area contributed by atoms with Gasteiger partial charge in [-0.3, -0.25) is 0 Å². The van der Waals surface area contributed by atoms with Gasteiger partial charge in [0.15, 0.2) is 0 Å². The molecule has 7 aliphatic heterocycles. The van der Waals surface area contributed by atoms with Crippen molar-refractivity contribution in [2.24, 2.45) is 47.3 Å². The SMILES string of the molecule is CC1COC2C(C)COC12.CC1COC2C1OC[C@@H]2C.CC1COC[C@H]1C.C[C@H]1COC2C1OC[C@@H]2C. The molecule has 7 nitrogen and oxygen atoms in total. The van der Waals surface area contributed by atoms with Crippen LogP contribution >= 0.6 is 0 Å². The summed E-state index contributed by atoms with van der Waals surface area (Å²) in [6, 6.07) is 0. The molecule has 216 valence electrons. The molecule has 10 unspecified atom stereocenters. The molecule has 0 bridgehead atoms. The fourth-order valence-electron chi connectivity index (χ4n) is 6.41. The Kier molecular flexibility index (Phi) is 10.7. The Hall–Kier alpha value is -0.280.